The van der Waals surface area contributed by atoms with E-state index in [1.165, 1.54) is 11.3 Å². The van der Waals surface area contributed by atoms with Crippen LogP contribution in [-0.4, -0.2) is 43.2 Å². The van der Waals surface area contributed by atoms with Gasteiger partial charge >= 0.3 is 0 Å². The quantitative estimate of drug-likeness (QED) is 0.449. The number of carbonyl (C=O) groups is 2. The molecule has 8 heteroatoms. The number of ether oxygens (including phenoxy) is 2. The molecule has 0 spiro atoms. The number of nitrogens with zero attached hydrogens (tertiary/aromatic N) is 1. The summed E-state index contributed by atoms with van der Waals surface area (Å²) in [5, 5.41) is 7.57. The van der Waals surface area contributed by atoms with Crippen LogP contribution in [0.4, 0.5) is 0 Å². The molecule has 31 heavy (non-hydrogen) atoms. The molecule has 0 aliphatic heterocycles. The van der Waals surface area contributed by atoms with Gasteiger partial charge in [0, 0.05) is 32.3 Å². The van der Waals surface area contributed by atoms with Crippen LogP contribution < -0.4 is 15.4 Å². The molecule has 2 amide bonds. The van der Waals surface area contributed by atoms with Crippen molar-refractivity contribution in [3.8, 4) is 5.88 Å². The molecule has 0 saturated heterocycles. The number of benzene rings is 1. The van der Waals surface area contributed by atoms with Gasteiger partial charge in [0.15, 0.2) is 0 Å². The maximum Gasteiger partial charge on any atom is 0.262 e. The maximum absolute atomic E-state index is 12.9. The molecule has 3 rings (SSSR count). The maximum atomic E-state index is 12.9. The molecule has 2 N–H and O–H groups in total. The third-order valence-electron chi connectivity index (χ3n) is 4.45. The lowest BCUT2D eigenvalue weighted by Crippen LogP contribution is -2.47. The standard InChI is InChI=1S/C23H25N3O4S/c1-29-11-12-30-21-10-9-18(15-24-21)16-25-22(27)19(14-17-6-3-2-4-7-17)26-23(28)20-8-5-13-31-20/h2-10,13,15,19H,11-12,14,16H2,1H3,(H,25,27)(H,26,28). The zero-order valence-corrected chi connectivity index (χ0v) is 18.1. The van der Waals surface area contributed by atoms with Gasteiger partial charge in [-0.05, 0) is 22.6 Å². The number of carbonyl (C=O) groups excluding carboxylic acids is 2. The second-order valence-electron chi connectivity index (χ2n) is 6.76. The van der Waals surface area contributed by atoms with E-state index in [1.807, 2.05) is 47.8 Å². The monoisotopic (exact) mass is 439 g/mol. The van der Waals surface area contributed by atoms with Gasteiger partial charge in [-0.3, -0.25) is 9.59 Å². The highest BCUT2D eigenvalue weighted by atomic mass is 32.1. The Labute approximate surface area is 185 Å². The fourth-order valence-electron chi connectivity index (χ4n) is 2.84. The molecule has 1 atom stereocenters. The molecule has 0 aliphatic rings. The molecule has 0 saturated carbocycles. The highest BCUT2D eigenvalue weighted by Gasteiger charge is 2.22. The predicted molar refractivity (Wildman–Crippen MR) is 119 cm³/mol. The van der Waals surface area contributed by atoms with Crippen LogP contribution in [0.3, 0.4) is 0 Å². The lowest BCUT2D eigenvalue weighted by atomic mass is 10.0. The lowest BCUT2D eigenvalue weighted by molar-refractivity contribution is -0.123. The SMILES string of the molecule is COCCOc1ccc(CNC(=O)C(Cc2ccccc2)NC(=O)c2cccs2)cn1. The third-order valence-corrected chi connectivity index (χ3v) is 5.32. The van der Waals surface area contributed by atoms with Crippen molar-refractivity contribution >= 4 is 23.2 Å². The summed E-state index contributed by atoms with van der Waals surface area (Å²) in [5.74, 6) is -0.0169. The van der Waals surface area contributed by atoms with E-state index in [-0.39, 0.29) is 11.8 Å². The lowest BCUT2D eigenvalue weighted by Gasteiger charge is -2.18. The van der Waals surface area contributed by atoms with Crippen molar-refractivity contribution in [1.29, 1.82) is 0 Å². The van der Waals surface area contributed by atoms with Crippen molar-refractivity contribution in [2.75, 3.05) is 20.3 Å². The Hall–Kier alpha value is -3.23. The van der Waals surface area contributed by atoms with E-state index in [2.05, 4.69) is 15.6 Å². The summed E-state index contributed by atoms with van der Waals surface area (Å²) in [5.41, 5.74) is 1.80. The minimum atomic E-state index is -0.693. The predicted octanol–water partition coefficient (Wildman–Crippen LogP) is 2.83. The Kier molecular flexibility index (Phi) is 8.57. The molecule has 3 aromatic rings. The molecule has 2 aromatic heterocycles. The van der Waals surface area contributed by atoms with Crippen LogP contribution in [0.1, 0.15) is 20.8 Å². The summed E-state index contributed by atoms with van der Waals surface area (Å²) in [6, 6.07) is 16.0. The van der Waals surface area contributed by atoms with E-state index in [0.717, 1.165) is 11.1 Å². The number of hydrogen-bond acceptors (Lipinski definition) is 6. The van der Waals surface area contributed by atoms with E-state index in [9.17, 15) is 9.59 Å². The van der Waals surface area contributed by atoms with E-state index in [0.29, 0.717) is 36.9 Å². The zero-order chi connectivity index (χ0) is 21.9. The minimum Gasteiger partial charge on any atom is -0.475 e. The topological polar surface area (TPSA) is 89.5 Å². The van der Waals surface area contributed by atoms with E-state index in [1.54, 1.807) is 25.4 Å². The normalized spacial score (nSPS) is 11.5. The first kappa shape index (κ1) is 22.5. The number of pyridine rings is 1. The fourth-order valence-corrected chi connectivity index (χ4v) is 3.47. The second-order valence-corrected chi connectivity index (χ2v) is 7.70. The van der Waals surface area contributed by atoms with Crippen molar-refractivity contribution in [2.45, 2.75) is 19.0 Å². The Morgan fingerprint density at radius 2 is 1.87 bits per heavy atom. The van der Waals surface area contributed by atoms with Crippen molar-refractivity contribution in [3.63, 3.8) is 0 Å². The van der Waals surface area contributed by atoms with E-state index < -0.39 is 6.04 Å². The highest BCUT2D eigenvalue weighted by Crippen LogP contribution is 2.11. The van der Waals surface area contributed by atoms with Gasteiger partial charge in [0.25, 0.3) is 5.91 Å². The van der Waals surface area contributed by atoms with Gasteiger partial charge in [-0.25, -0.2) is 4.98 Å². The van der Waals surface area contributed by atoms with Crippen molar-refractivity contribution in [2.24, 2.45) is 0 Å². The van der Waals surface area contributed by atoms with Gasteiger partial charge in [-0.15, -0.1) is 11.3 Å². The fraction of sp³-hybridized carbons (Fsp3) is 0.261. The second kappa shape index (κ2) is 11.8. The van der Waals surface area contributed by atoms with Crippen molar-refractivity contribution in [1.82, 2.24) is 15.6 Å². The molecule has 0 radical (unpaired) electrons. The van der Waals surface area contributed by atoms with Gasteiger partial charge in [0.05, 0.1) is 11.5 Å². The minimum absolute atomic E-state index is 0.255. The highest BCUT2D eigenvalue weighted by molar-refractivity contribution is 7.12. The Morgan fingerprint density at radius 1 is 1.03 bits per heavy atom. The van der Waals surface area contributed by atoms with Crippen LogP contribution >= 0.6 is 11.3 Å². The molecule has 0 fully saturated rings. The molecular weight excluding hydrogens is 414 g/mol. The summed E-state index contributed by atoms with van der Waals surface area (Å²) in [7, 11) is 1.61. The number of amides is 2. The number of rotatable bonds is 11. The van der Waals surface area contributed by atoms with Gasteiger partial charge in [0.2, 0.25) is 11.8 Å². The molecule has 1 aromatic carbocycles. The summed E-state index contributed by atoms with van der Waals surface area (Å²) in [4.78, 5) is 30.2. The number of methoxy groups -OCH3 is 1. The first-order valence-electron chi connectivity index (χ1n) is 9.88. The molecule has 0 bridgehead atoms. The molecule has 1 unspecified atom stereocenters. The van der Waals surface area contributed by atoms with E-state index >= 15 is 0 Å². The number of hydrogen-bond donors (Lipinski definition) is 2. The molecule has 0 aliphatic carbocycles. The van der Waals surface area contributed by atoms with Crippen LogP contribution in [0.5, 0.6) is 5.88 Å². The van der Waals surface area contributed by atoms with Crippen LogP contribution in [0.15, 0.2) is 66.2 Å². The molecule has 7 nitrogen and oxygen atoms in total. The Balaban J connectivity index is 1.60. The zero-order valence-electron chi connectivity index (χ0n) is 17.2. The van der Waals surface area contributed by atoms with Crippen LogP contribution in [-0.2, 0) is 22.5 Å². The van der Waals surface area contributed by atoms with Gasteiger partial charge in [-0.2, -0.15) is 0 Å². The van der Waals surface area contributed by atoms with Crippen LogP contribution in [0.2, 0.25) is 0 Å². The summed E-state index contributed by atoms with van der Waals surface area (Å²) < 4.78 is 10.4. The Bertz CT molecular complexity index is 947. The average Bonchev–Trinajstić information content (AvgIpc) is 3.34. The van der Waals surface area contributed by atoms with Gasteiger partial charge in [0.1, 0.15) is 12.6 Å². The number of aromatic nitrogens is 1. The third kappa shape index (κ3) is 7.20. The average molecular weight is 440 g/mol. The number of thiophene rings is 1. The summed E-state index contributed by atoms with van der Waals surface area (Å²) >= 11 is 1.34. The van der Waals surface area contributed by atoms with Crippen LogP contribution in [0, 0.1) is 0 Å². The Morgan fingerprint density at radius 3 is 2.55 bits per heavy atom. The first-order chi connectivity index (χ1) is 15.2. The van der Waals surface area contributed by atoms with Crippen LogP contribution in [0.25, 0.3) is 0 Å². The van der Waals surface area contributed by atoms with E-state index in [4.69, 9.17) is 9.47 Å². The molecule has 2 heterocycles. The first-order valence-corrected chi connectivity index (χ1v) is 10.8. The van der Waals surface area contributed by atoms with Crippen molar-refractivity contribution in [3.05, 3.63) is 82.2 Å². The smallest absolute Gasteiger partial charge is 0.262 e. The molecular formula is C23H25N3O4S. The van der Waals surface area contributed by atoms with Gasteiger partial charge < -0.3 is 20.1 Å². The van der Waals surface area contributed by atoms with Crippen molar-refractivity contribution < 1.29 is 19.1 Å². The largest absolute Gasteiger partial charge is 0.475 e. The summed E-state index contributed by atoms with van der Waals surface area (Å²) in [6.07, 6.45) is 2.05. The molecule has 162 valence electrons. The number of nitrogens with one attached hydrogen (secondary N) is 2. The summed E-state index contributed by atoms with van der Waals surface area (Å²) in [6.45, 7) is 1.20. The van der Waals surface area contributed by atoms with Gasteiger partial charge in [-0.1, -0.05) is 42.5 Å².